The molecule has 0 fully saturated rings. The third-order valence-corrected chi connectivity index (χ3v) is 2.80. The van der Waals surface area contributed by atoms with Crippen LogP contribution in [-0.2, 0) is 0 Å². The molecule has 3 aromatic rings. The Balaban J connectivity index is 2.19. The fourth-order valence-electron chi connectivity index (χ4n) is 2.06. The second-order valence-electron chi connectivity index (χ2n) is 3.73. The number of hydrogen-bond acceptors (Lipinski definition) is 3. The number of hydrogen-bond donors (Lipinski definition) is 0. The number of pyridine rings is 1. The maximum absolute atomic E-state index is 5.36. The van der Waals surface area contributed by atoms with Crippen molar-refractivity contribution in [2.24, 2.45) is 0 Å². The van der Waals surface area contributed by atoms with Gasteiger partial charge in [0, 0.05) is 18.3 Å². The molecule has 78 valence electrons. The van der Waals surface area contributed by atoms with Crippen LogP contribution in [0.5, 0.6) is 11.5 Å². The SMILES string of the molecule is c1ccn2c(c1)nc1cc3c(cc12)OCO3. The first-order valence-electron chi connectivity index (χ1n) is 5.08. The summed E-state index contributed by atoms with van der Waals surface area (Å²) in [4.78, 5) is 4.52. The maximum Gasteiger partial charge on any atom is 0.231 e. The second-order valence-corrected chi connectivity index (χ2v) is 3.73. The summed E-state index contributed by atoms with van der Waals surface area (Å²) < 4.78 is 12.7. The van der Waals surface area contributed by atoms with Gasteiger partial charge in [0.05, 0.1) is 11.0 Å². The molecule has 0 unspecified atom stereocenters. The van der Waals surface area contributed by atoms with E-state index in [-0.39, 0.29) is 0 Å². The van der Waals surface area contributed by atoms with E-state index in [0.717, 1.165) is 28.2 Å². The van der Waals surface area contributed by atoms with Gasteiger partial charge in [-0.25, -0.2) is 4.98 Å². The average molecular weight is 212 g/mol. The number of nitrogens with zero attached hydrogens (tertiary/aromatic N) is 2. The van der Waals surface area contributed by atoms with Crippen molar-refractivity contribution in [2.75, 3.05) is 6.79 Å². The van der Waals surface area contributed by atoms with Gasteiger partial charge in [-0.15, -0.1) is 0 Å². The van der Waals surface area contributed by atoms with Gasteiger partial charge in [0.2, 0.25) is 6.79 Å². The molecule has 0 atom stereocenters. The number of fused-ring (bicyclic) bond motifs is 4. The molecule has 1 aromatic carbocycles. The van der Waals surface area contributed by atoms with Crippen LogP contribution in [0.4, 0.5) is 0 Å². The Kier molecular flexibility index (Phi) is 1.33. The lowest BCUT2D eigenvalue weighted by Crippen LogP contribution is -1.92. The van der Waals surface area contributed by atoms with Gasteiger partial charge in [-0.1, -0.05) is 6.07 Å². The number of rotatable bonds is 0. The lowest BCUT2D eigenvalue weighted by molar-refractivity contribution is 0.174. The average Bonchev–Trinajstić information content (AvgIpc) is 2.88. The fourth-order valence-corrected chi connectivity index (χ4v) is 2.06. The van der Waals surface area contributed by atoms with Crippen LogP contribution < -0.4 is 9.47 Å². The Morgan fingerprint density at radius 2 is 2.00 bits per heavy atom. The van der Waals surface area contributed by atoms with E-state index in [2.05, 4.69) is 4.98 Å². The highest BCUT2D eigenvalue weighted by Crippen LogP contribution is 2.35. The van der Waals surface area contributed by atoms with E-state index in [1.807, 2.05) is 40.9 Å². The summed E-state index contributed by atoms with van der Waals surface area (Å²) in [7, 11) is 0. The molecule has 0 amide bonds. The van der Waals surface area contributed by atoms with Crippen LogP contribution in [0.1, 0.15) is 0 Å². The maximum atomic E-state index is 5.36. The lowest BCUT2D eigenvalue weighted by atomic mass is 10.3. The number of imidazole rings is 1. The Hall–Kier alpha value is -2.23. The molecule has 1 aliphatic heterocycles. The zero-order valence-corrected chi connectivity index (χ0v) is 8.38. The molecule has 4 rings (SSSR count). The third kappa shape index (κ3) is 0.908. The number of ether oxygens (including phenoxy) is 2. The summed E-state index contributed by atoms with van der Waals surface area (Å²) in [5.74, 6) is 1.56. The first kappa shape index (κ1) is 7.98. The zero-order valence-electron chi connectivity index (χ0n) is 8.38. The molecule has 0 saturated heterocycles. The molecule has 0 spiro atoms. The number of benzene rings is 1. The van der Waals surface area contributed by atoms with E-state index in [1.165, 1.54) is 0 Å². The van der Waals surface area contributed by atoms with Crippen molar-refractivity contribution in [2.45, 2.75) is 0 Å². The van der Waals surface area contributed by atoms with Crippen molar-refractivity contribution >= 4 is 16.7 Å². The van der Waals surface area contributed by atoms with Crippen LogP contribution in [0.3, 0.4) is 0 Å². The quantitative estimate of drug-likeness (QED) is 0.573. The fraction of sp³-hybridized carbons (Fsp3) is 0.0833. The first-order valence-corrected chi connectivity index (χ1v) is 5.08. The van der Waals surface area contributed by atoms with Gasteiger partial charge in [0.1, 0.15) is 5.65 Å². The molecular weight excluding hydrogens is 204 g/mol. The minimum absolute atomic E-state index is 0.296. The first-order chi connectivity index (χ1) is 7.92. The van der Waals surface area contributed by atoms with Crippen LogP contribution in [0.15, 0.2) is 36.5 Å². The second kappa shape index (κ2) is 2.66. The van der Waals surface area contributed by atoms with Gasteiger partial charge in [0.25, 0.3) is 0 Å². The largest absolute Gasteiger partial charge is 0.454 e. The molecule has 0 aliphatic carbocycles. The Labute approximate surface area is 91.0 Å². The monoisotopic (exact) mass is 212 g/mol. The van der Waals surface area contributed by atoms with Gasteiger partial charge in [-0.3, -0.25) is 4.40 Å². The highest BCUT2D eigenvalue weighted by atomic mass is 16.7. The summed E-state index contributed by atoms with van der Waals surface area (Å²) in [5, 5.41) is 0. The normalized spacial score (nSPS) is 13.8. The number of aromatic nitrogens is 2. The van der Waals surface area contributed by atoms with Gasteiger partial charge in [-0.2, -0.15) is 0 Å². The molecule has 0 bridgehead atoms. The predicted molar refractivity (Wildman–Crippen MR) is 58.8 cm³/mol. The van der Waals surface area contributed by atoms with Crippen molar-refractivity contribution < 1.29 is 9.47 Å². The molecular formula is C12H8N2O2. The van der Waals surface area contributed by atoms with Crippen molar-refractivity contribution in [3.63, 3.8) is 0 Å². The van der Waals surface area contributed by atoms with Crippen molar-refractivity contribution in [1.29, 1.82) is 0 Å². The van der Waals surface area contributed by atoms with E-state index >= 15 is 0 Å². The topological polar surface area (TPSA) is 35.8 Å². The highest BCUT2D eigenvalue weighted by Gasteiger charge is 2.16. The molecule has 0 N–H and O–H groups in total. The molecule has 0 saturated carbocycles. The lowest BCUT2D eigenvalue weighted by Gasteiger charge is -1.96. The molecule has 4 nitrogen and oxygen atoms in total. The van der Waals surface area contributed by atoms with E-state index in [0.29, 0.717) is 6.79 Å². The van der Waals surface area contributed by atoms with E-state index < -0.39 is 0 Å². The summed E-state index contributed by atoms with van der Waals surface area (Å²) in [6.45, 7) is 0.296. The molecule has 0 radical (unpaired) electrons. The van der Waals surface area contributed by atoms with Crippen LogP contribution >= 0.6 is 0 Å². The van der Waals surface area contributed by atoms with Crippen LogP contribution in [-0.4, -0.2) is 16.2 Å². The minimum atomic E-state index is 0.296. The van der Waals surface area contributed by atoms with Gasteiger partial charge in [0.15, 0.2) is 11.5 Å². The van der Waals surface area contributed by atoms with Crippen LogP contribution in [0.25, 0.3) is 16.7 Å². The van der Waals surface area contributed by atoms with Crippen molar-refractivity contribution in [3.05, 3.63) is 36.5 Å². The van der Waals surface area contributed by atoms with Crippen LogP contribution in [0, 0.1) is 0 Å². The summed E-state index contributed by atoms with van der Waals surface area (Å²) in [5.41, 5.74) is 2.90. The van der Waals surface area contributed by atoms with E-state index in [4.69, 9.17) is 9.47 Å². The smallest absolute Gasteiger partial charge is 0.231 e. The van der Waals surface area contributed by atoms with E-state index in [1.54, 1.807) is 0 Å². The molecule has 2 aromatic heterocycles. The Bertz CT molecular complexity index is 703. The summed E-state index contributed by atoms with van der Waals surface area (Å²) in [6, 6.07) is 9.83. The minimum Gasteiger partial charge on any atom is -0.454 e. The summed E-state index contributed by atoms with van der Waals surface area (Å²) >= 11 is 0. The Morgan fingerprint density at radius 3 is 2.94 bits per heavy atom. The van der Waals surface area contributed by atoms with Gasteiger partial charge < -0.3 is 9.47 Å². The predicted octanol–water partition coefficient (Wildman–Crippen LogP) is 2.22. The molecule has 4 heteroatoms. The molecule has 16 heavy (non-hydrogen) atoms. The van der Waals surface area contributed by atoms with Gasteiger partial charge in [-0.05, 0) is 12.1 Å². The van der Waals surface area contributed by atoms with E-state index in [9.17, 15) is 0 Å². The third-order valence-electron chi connectivity index (χ3n) is 2.80. The van der Waals surface area contributed by atoms with Gasteiger partial charge >= 0.3 is 0 Å². The Morgan fingerprint density at radius 1 is 1.12 bits per heavy atom. The standard InChI is InChI=1S/C12H8N2O2/c1-2-4-14-9-6-11-10(15-7-16-11)5-8(9)13-12(14)3-1/h1-6H,7H2. The summed E-state index contributed by atoms with van der Waals surface area (Å²) in [6.07, 6.45) is 1.99. The zero-order chi connectivity index (χ0) is 10.5. The van der Waals surface area contributed by atoms with Crippen molar-refractivity contribution in [3.8, 4) is 11.5 Å². The van der Waals surface area contributed by atoms with Crippen molar-refractivity contribution in [1.82, 2.24) is 9.38 Å². The van der Waals surface area contributed by atoms with Crippen LogP contribution in [0.2, 0.25) is 0 Å². The molecule has 3 heterocycles. The highest BCUT2D eigenvalue weighted by molar-refractivity contribution is 5.84. The molecule has 1 aliphatic rings.